The fraction of sp³-hybridized carbons (Fsp3) is 0.550. The molecule has 1 N–H and O–H groups in total. The summed E-state index contributed by atoms with van der Waals surface area (Å²) in [6, 6.07) is 7.31. The molecule has 0 saturated carbocycles. The van der Waals surface area contributed by atoms with Gasteiger partial charge in [-0.05, 0) is 30.9 Å². The first-order chi connectivity index (χ1) is 11.9. The Morgan fingerprint density at radius 2 is 1.96 bits per heavy atom. The number of ketones is 2. The average Bonchev–Trinajstić information content (AvgIpc) is 3.26. The molecular formula is C20H26N2O3. The van der Waals surface area contributed by atoms with Crippen LogP contribution in [0.3, 0.4) is 0 Å². The quantitative estimate of drug-likeness (QED) is 0.836. The van der Waals surface area contributed by atoms with Crippen LogP contribution < -0.4 is 5.32 Å². The summed E-state index contributed by atoms with van der Waals surface area (Å²) in [5, 5.41) is 3.26. The number of carbonyl (C=O) groups is 3. The van der Waals surface area contributed by atoms with E-state index in [1.165, 1.54) is 4.90 Å². The van der Waals surface area contributed by atoms with Crippen molar-refractivity contribution >= 4 is 23.2 Å². The number of fused-ring (bicyclic) bond motifs is 1. The van der Waals surface area contributed by atoms with Gasteiger partial charge in [-0.2, -0.15) is 0 Å². The lowest BCUT2D eigenvalue weighted by Gasteiger charge is -2.28. The highest BCUT2D eigenvalue weighted by Gasteiger charge is 2.43. The van der Waals surface area contributed by atoms with Gasteiger partial charge in [-0.1, -0.05) is 39.0 Å². The number of benzene rings is 1. The van der Waals surface area contributed by atoms with Crippen LogP contribution >= 0.6 is 0 Å². The molecule has 0 spiro atoms. The number of nitrogens with zero attached hydrogens (tertiary/aromatic N) is 1. The molecule has 5 nitrogen and oxygen atoms in total. The molecule has 134 valence electrons. The van der Waals surface area contributed by atoms with Gasteiger partial charge in [0.2, 0.25) is 5.78 Å². The van der Waals surface area contributed by atoms with Crippen molar-refractivity contribution in [2.75, 3.05) is 18.4 Å². The van der Waals surface area contributed by atoms with Crippen LogP contribution in [0.15, 0.2) is 24.3 Å². The number of hydrogen-bond donors (Lipinski definition) is 1. The van der Waals surface area contributed by atoms with E-state index < -0.39 is 17.4 Å². The van der Waals surface area contributed by atoms with Gasteiger partial charge >= 0.3 is 0 Å². The molecule has 1 aromatic carbocycles. The van der Waals surface area contributed by atoms with Gasteiger partial charge in [0.15, 0.2) is 5.78 Å². The van der Waals surface area contributed by atoms with Crippen molar-refractivity contribution in [2.24, 2.45) is 5.41 Å². The molecule has 5 heteroatoms. The smallest absolute Gasteiger partial charge is 0.291 e. The summed E-state index contributed by atoms with van der Waals surface area (Å²) >= 11 is 0. The number of Topliss-reactive ketones (excluding diaryl/α,β-unsaturated/α-hetero) is 2. The fourth-order valence-electron chi connectivity index (χ4n) is 3.66. The topological polar surface area (TPSA) is 66.5 Å². The third-order valence-corrected chi connectivity index (χ3v) is 5.71. The lowest BCUT2D eigenvalue weighted by Crippen LogP contribution is -2.48. The van der Waals surface area contributed by atoms with Crippen LogP contribution in [-0.4, -0.2) is 41.5 Å². The number of hydrogen-bond acceptors (Lipinski definition) is 4. The Bertz CT molecular complexity index is 711. The first-order valence-electron chi connectivity index (χ1n) is 9.08. The van der Waals surface area contributed by atoms with Crippen LogP contribution in [0.5, 0.6) is 0 Å². The van der Waals surface area contributed by atoms with Gasteiger partial charge in [0, 0.05) is 24.2 Å². The molecule has 0 radical (unpaired) electrons. The highest BCUT2D eigenvalue weighted by Crippen LogP contribution is 2.35. The van der Waals surface area contributed by atoms with Crippen molar-refractivity contribution in [3.63, 3.8) is 0 Å². The van der Waals surface area contributed by atoms with E-state index in [1.807, 2.05) is 31.2 Å². The monoisotopic (exact) mass is 342 g/mol. The second-order valence-corrected chi connectivity index (χ2v) is 7.65. The SMILES string of the molecule is CCC(C)(C)C(=O)C(=O)N1CCCC1C(=O)C1CNc2ccccc21. The molecular weight excluding hydrogens is 316 g/mol. The maximum atomic E-state index is 13.1. The molecule has 1 fully saturated rings. The van der Waals surface area contributed by atoms with Crippen LogP contribution in [0.2, 0.25) is 0 Å². The van der Waals surface area contributed by atoms with E-state index in [2.05, 4.69) is 5.32 Å². The summed E-state index contributed by atoms with van der Waals surface area (Å²) < 4.78 is 0. The zero-order valence-corrected chi connectivity index (χ0v) is 15.2. The van der Waals surface area contributed by atoms with Crippen LogP contribution in [0.25, 0.3) is 0 Å². The molecule has 2 heterocycles. The van der Waals surface area contributed by atoms with Gasteiger partial charge in [0.1, 0.15) is 0 Å². The minimum absolute atomic E-state index is 0.0467. The lowest BCUT2D eigenvalue weighted by atomic mass is 9.84. The summed E-state index contributed by atoms with van der Waals surface area (Å²) in [6.45, 7) is 6.53. The largest absolute Gasteiger partial charge is 0.384 e. The Hall–Kier alpha value is -2.17. The number of likely N-dealkylation sites (tertiary alicyclic amines) is 1. The Balaban J connectivity index is 1.79. The Morgan fingerprint density at radius 3 is 2.68 bits per heavy atom. The number of nitrogens with one attached hydrogen (secondary N) is 1. The third-order valence-electron chi connectivity index (χ3n) is 5.71. The Morgan fingerprint density at radius 1 is 1.24 bits per heavy atom. The van der Waals surface area contributed by atoms with Crippen molar-refractivity contribution in [1.82, 2.24) is 4.90 Å². The highest BCUT2D eigenvalue weighted by molar-refractivity contribution is 6.38. The molecule has 1 amide bonds. The third kappa shape index (κ3) is 3.08. The molecule has 25 heavy (non-hydrogen) atoms. The van der Waals surface area contributed by atoms with E-state index in [9.17, 15) is 14.4 Å². The number of amides is 1. The zero-order valence-electron chi connectivity index (χ0n) is 15.2. The molecule has 3 rings (SSSR count). The molecule has 0 aliphatic carbocycles. The number of anilines is 1. The fourth-order valence-corrected chi connectivity index (χ4v) is 3.66. The van der Waals surface area contributed by atoms with E-state index >= 15 is 0 Å². The van der Waals surface area contributed by atoms with E-state index in [-0.39, 0.29) is 17.5 Å². The molecule has 0 aromatic heterocycles. The standard InChI is InChI=1S/C20H26N2O3/c1-4-20(2,3)18(24)19(25)22-11-7-10-16(22)17(23)14-12-21-15-9-6-5-8-13(14)15/h5-6,8-9,14,16,21H,4,7,10-12H2,1-3H3. The van der Waals surface area contributed by atoms with Gasteiger partial charge in [-0.15, -0.1) is 0 Å². The van der Waals surface area contributed by atoms with E-state index in [1.54, 1.807) is 13.8 Å². The van der Waals surface area contributed by atoms with E-state index in [0.717, 1.165) is 17.7 Å². The molecule has 1 saturated heterocycles. The summed E-state index contributed by atoms with van der Waals surface area (Å²) in [5.74, 6) is -1.09. The lowest BCUT2D eigenvalue weighted by molar-refractivity contribution is -0.151. The average molecular weight is 342 g/mol. The van der Waals surface area contributed by atoms with Crippen LogP contribution in [-0.2, 0) is 14.4 Å². The zero-order chi connectivity index (χ0) is 18.2. The predicted molar refractivity (Wildman–Crippen MR) is 96.5 cm³/mol. The van der Waals surface area contributed by atoms with Gasteiger partial charge < -0.3 is 10.2 Å². The molecule has 2 atom stereocenters. The van der Waals surface area contributed by atoms with Crippen molar-refractivity contribution in [1.29, 1.82) is 0 Å². The summed E-state index contributed by atoms with van der Waals surface area (Å²) in [5.41, 5.74) is 1.29. The van der Waals surface area contributed by atoms with Crippen LogP contribution in [0.1, 0.15) is 51.5 Å². The molecule has 2 aliphatic rings. The normalized spacial score (nSPS) is 22.4. The molecule has 0 bridgehead atoms. The Labute approximate surface area is 148 Å². The van der Waals surface area contributed by atoms with Gasteiger partial charge in [-0.25, -0.2) is 0 Å². The van der Waals surface area contributed by atoms with Crippen molar-refractivity contribution in [2.45, 2.75) is 52.0 Å². The van der Waals surface area contributed by atoms with Crippen molar-refractivity contribution in [3.8, 4) is 0 Å². The highest BCUT2D eigenvalue weighted by atomic mass is 16.2. The van der Waals surface area contributed by atoms with Crippen molar-refractivity contribution < 1.29 is 14.4 Å². The summed E-state index contributed by atoms with van der Waals surface area (Å²) in [7, 11) is 0. The van der Waals surface area contributed by atoms with Gasteiger partial charge in [0.05, 0.1) is 12.0 Å². The number of carbonyl (C=O) groups excluding carboxylic acids is 3. The minimum Gasteiger partial charge on any atom is -0.384 e. The Kier molecular flexibility index (Phi) is 4.67. The number of para-hydroxylation sites is 1. The first kappa shape index (κ1) is 17.6. The second-order valence-electron chi connectivity index (χ2n) is 7.65. The van der Waals surface area contributed by atoms with E-state index in [4.69, 9.17) is 0 Å². The maximum Gasteiger partial charge on any atom is 0.291 e. The van der Waals surface area contributed by atoms with E-state index in [0.29, 0.717) is 25.9 Å². The van der Waals surface area contributed by atoms with Crippen LogP contribution in [0, 0.1) is 5.41 Å². The minimum atomic E-state index is -0.686. The summed E-state index contributed by atoms with van der Waals surface area (Å²) in [6.07, 6.45) is 2.01. The van der Waals surface area contributed by atoms with Crippen LogP contribution in [0.4, 0.5) is 5.69 Å². The molecule has 2 aliphatic heterocycles. The maximum absolute atomic E-state index is 13.1. The molecule has 2 unspecified atom stereocenters. The predicted octanol–water partition coefficient (Wildman–Crippen LogP) is 2.76. The molecule has 1 aromatic rings. The van der Waals surface area contributed by atoms with Gasteiger partial charge in [0.25, 0.3) is 5.91 Å². The first-order valence-corrected chi connectivity index (χ1v) is 9.08. The van der Waals surface area contributed by atoms with Gasteiger partial charge in [-0.3, -0.25) is 14.4 Å². The van der Waals surface area contributed by atoms with Crippen molar-refractivity contribution in [3.05, 3.63) is 29.8 Å². The number of rotatable bonds is 5. The second kappa shape index (κ2) is 6.62. The summed E-state index contributed by atoms with van der Waals surface area (Å²) in [4.78, 5) is 39.9.